The van der Waals surface area contributed by atoms with Gasteiger partial charge in [0.2, 0.25) is 0 Å². The number of hydrogen-bond donors (Lipinski definition) is 1. The molecule has 1 N–H and O–H groups in total. The second kappa shape index (κ2) is 4.41. The fraction of sp³-hybridized carbons (Fsp3) is 0.833. The van der Waals surface area contributed by atoms with Crippen LogP contribution in [-0.4, -0.2) is 16.7 Å². The van der Waals surface area contributed by atoms with E-state index >= 15 is 0 Å². The van der Waals surface area contributed by atoms with Crippen LogP contribution >= 0.6 is 11.3 Å². The average molecular weight is 237 g/mol. The number of nitrogens with zero attached hydrogens (tertiary/aromatic N) is 2. The molecule has 2 aliphatic carbocycles. The first kappa shape index (κ1) is 10.7. The Labute approximate surface area is 101 Å². The smallest absolute Gasteiger partial charge is 0.131 e. The second-order valence-corrected chi connectivity index (χ2v) is 6.05. The lowest BCUT2D eigenvalue weighted by atomic mass is 10.0. The van der Waals surface area contributed by atoms with Gasteiger partial charge in [-0.25, -0.2) is 0 Å². The monoisotopic (exact) mass is 237 g/mol. The molecule has 0 bridgehead atoms. The topological polar surface area (TPSA) is 37.8 Å². The van der Waals surface area contributed by atoms with Gasteiger partial charge in [-0.05, 0) is 31.2 Å². The Kier molecular flexibility index (Phi) is 2.94. The molecule has 0 aliphatic heterocycles. The predicted octanol–water partition coefficient (Wildman–Crippen LogP) is 2.55. The Balaban J connectivity index is 1.64. The Morgan fingerprint density at radius 2 is 2.00 bits per heavy atom. The van der Waals surface area contributed by atoms with Crippen molar-refractivity contribution in [1.82, 2.24) is 15.5 Å². The molecule has 2 saturated carbocycles. The lowest BCUT2D eigenvalue weighted by molar-refractivity contribution is 0.480. The van der Waals surface area contributed by atoms with Crippen molar-refractivity contribution in [2.75, 3.05) is 6.54 Å². The van der Waals surface area contributed by atoms with Crippen LogP contribution in [0.2, 0.25) is 0 Å². The average Bonchev–Trinajstić information content (AvgIpc) is 2.87. The van der Waals surface area contributed by atoms with Crippen molar-refractivity contribution in [3.63, 3.8) is 0 Å². The normalized spacial score (nSPS) is 32.4. The van der Waals surface area contributed by atoms with E-state index in [4.69, 9.17) is 0 Å². The van der Waals surface area contributed by atoms with Crippen molar-refractivity contribution in [3.8, 4) is 0 Å². The highest BCUT2D eigenvalue weighted by molar-refractivity contribution is 7.11. The van der Waals surface area contributed by atoms with Crippen LogP contribution in [0.15, 0.2) is 0 Å². The molecule has 2 aliphatic rings. The van der Waals surface area contributed by atoms with Crippen LogP contribution in [0.3, 0.4) is 0 Å². The molecule has 0 saturated heterocycles. The van der Waals surface area contributed by atoms with Crippen LogP contribution in [0.5, 0.6) is 0 Å². The molecule has 0 amide bonds. The van der Waals surface area contributed by atoms with E-state index in [1.54, 1.807) is 0 Å². The van der Waals surface area contributed by atoms with E-state index < -0.39 is 0 Å². The summed E-state index contributed by atoms with van der Waals surface area (Å²) >= 11 is 1.82. The third-order valence-electron chi connectivity index (χ3n) is 3.95. The van der Waals surface area contributed by atoms with Crippen LogP contribution in [-0.2, 0) is 6.54 Å². The minimum absolute atomic E-state index is 0.773. The summed E-state index contributed by atoms with van der Waals surface area (Å²) in [4.78, 5) is 0. The molecular weight excluding hydrogens is 218 g/mol. The third kappa shape index (κ3) is 1.89. The molecule has 4 heteroatoms. The summed E-state index contributed by atoms with van der Waals surface area (Å²) in [6, 6.07) is 0. The summed E-state index contributed by atoms with van der Waals surface area (Å²) in [7, 11) is 0. The largest absolute Gasteiger partial charge is 0.311 e. The summed E-state index contributed by atoms with van der Waals surface area (Å²) in [5, 5.41) is 14.4. The van der Waals surface area contributed by atoms with Crippen molar-refractivity contribution in [1.29, 1.82) is 0 Å². The van der Waals surface area contributed by atoms with Gasteiger partial charge in [-0.15, -0.1) is 10.2 Å². The van der Waals surface area contributed by atoms with E-state index in [1.165, 1.54) is 30.7 Å². The van der Waals surface area contributed by atoms with Crippen molar-refractivity contribution >= 4 is 11.3 Å². The zero-order chi connectivity index (χ0) is 11.0. The quantitative estimate of drug-likeness (QED) is 0.874. The van der Waals surface area contributed by atoms with E-state index in [0.717, 1.165) is 35.9 Å². The molecule has 1 aromatic rings. The van der Waals surface area contributed by atoms with E-state index in [1.807, 2.05) is 11.3 Å². The lowest BCUT2D eigenvalue weighted by Crippen LogP contribution is -2.11. The van der Waals surface area contributed by atoms with Gasteiger partial charge in [-0.3, -0.25) is 0 Å². The Morgan fingerprint density at radius 3 is 2.69 bits per heavy atom. The molecule has 16 heavy (non-hydrogen) atoms. The van der Waals surface area contributed by atoms with Crippen LogP contribution in [0.25, 0.3) is 0 Å². The van der Waals surface area contributed by atoms with E-state index in [9.17, 15) is 0 Å². The predicted molar refractivity (Wildman–Crippen MR) is 65.5 cm³/mol. The van der Waals surface area contributed by atoms with Crippen LogP contribution in [0.1, 0.15) is 48.5 Å². The van der Waals surface area contributed by atoms with Crippen LogP contribution in [0, 0.1) is 11.8 Å². The van der Waals surface area contributed by atoms with Crippen LogP contribution in [0.4, 0.5) is 0 Å². The van der Waals surface area contributed by atoms with Gasteiger partial charge in [0, 0.05) is 12.5 Å². The third-order valence-corrected chi connectivity index (χ3v) is 4.97. The minimum Gasteiger partial charge on any atom is -0.311 e. The van der Waals surface area contributed by atoms with Gasteiger partial charge in [-0.1, -0.05) is 31.1 Å². The lowest BCUT2D eigenvalue weighted by Gasteiger charge is -2.04. The molecular formula is C12H19N3S. The Hall–Kier alpha value is -0.480. The maximum Gasteiger partial charge on any atom is 0.131 e. The minimum atomic E-state index is 0.773. The number of aromatic nitrogens is 2. The van der Waals surface area contributed by atoms with Gasteiger partial charge < -0.3 is 5.32 Å². The van der Waals surface area contributed by atoms with E-state index in [0.29, 0.717) is 0 Å². The first-order valence-corrected chi connectivity index (χ1v) is 7.24. The zero-order valence-electron chi connectivity index (χ0n) is 9.78. The standard InChI is InChI=1S/C12H19N3S/c1-2-13-7-10-14-15-12(16-10)11-8-5-3-4-6-9(8)11/h8-9,11,13H,2-7H2,1H3. The van der Waals surface area contributed by atoms with Crippen molar-refractivity contribution in [3.05, 3.63) is 10.0 Å². The van der Waals surface area contributed by atoms with Gasteiger partial charge in [0.1, 0.15) is 10.0 Å². The summed E-state index contributed by atoms with van der Waals surface area (Å²) in [6.07, 6.45) is 5.72. The highest BCUT2D eigenvalue weighted by atomic mass is 32.1. The van der Waals surface area contributed by atoms with Gasteiger partial charge in [-0.2, -0.15) is 0 Å². The number of rotatable bonds is 4. The van der Waals surface area contributed by atoms with Crippen molar-refractivity contribution in [2.45, 2.75) is 45.1 Å². The van der Waals surface area contributed by atoms with Crippen molar-refractivity contribution < 1.29 is 0 Å². The summed E-state index contributed by atoms with van der Waals surface area (Å²) in [5.41, 5.74) is 0. The Bertz CT molecular complexity index is 351. The molecule has 0 radical (unpaired) electrons. The molecule has 0 spiro atoms. The number of fused-ring (bicyclic) bond motifs is 1. The van der Waals surface area contributed by atoms with Gasteiger partial charge >= 0.3 is 0 Å². The molecule has 2 unspecified atom stereocenters. The molecule has 3 rings (SSSR count). The number of hydrogen-bond acceptors (Lipinski definition) is 4. The van der Waals surface area contributed by atoms with E-state index in [2.05, 4.69) is 22.4 Å². The molecule has 2 atom stereocenters. The van der Waals surface area contributed by atoms with Gasteiger partial charge in [0.15, 0.2) is 0 Å². The van der Waals surface area contributed by atoms with Gasteiger partial charge in [0.25, 0.3) is 0 Å². The molecule has 88 valence electrons. The molecule has 3 nitrogen and oxygen atoms in total. The molecule has 0 aromatic carbocycles. The first-order chi connectivity index (χ1) is 7.90. The fourth-order valence-electron chi connectivity index (χ4n) is 3.06. The van der Waals surface area contributed by atoms with E-state index in [-0.39, 0.29) is 0 Å². The van der Waals surface area contributed by atoms with Gasteiger partial charge in [0.05, 0.1) is 0 Å². The summed E-state index contributed by atoms with van der Waals surface area (Å²) in [5.74, 6) is 2.68. The SMILES string of the molecule is CCNCc1nnc(C2C3CCCCC32)s1. The second-order valence-electron chi connectivity index (χ2n) is 4.95. The molecule has 2 fully saturated rings. The number of nitrogens with one attached hydrogen (secondary N) is 1. The fourth-order valence-corrected chi connectivity index (χ4v) is 4.13. The molecule has 1 aromatic heterocycles. The van der Waals surface area contributed by atoms with Crippen molar-refractivity contribution in [2.24, 2.45) is 11.8 Å². The summed E-state index contributed by atoms with van der Waals surface area (Å²) in [6.45, 7) is 4.01. The highest BCUT2D eigenvalue weighted by Crippen LogP contribution is 2.61. The Morgan fingerprint density at radius 1 is 1.25 bits per heavy atom. The summed E-state index contributed by atoms with van der Waals surface area (Å²) < 4.78 is 0. The van der Waals surface area contributed by atoms with Crippen LogP contribution < -0.4 is 5.32 Å². The zero-order valence-corrected chi connectivity index (χ0v) is 10.6. The highest BCUT2D eigenvalue weighted by Gasteiger charge is 2.52. The first-order valence-electron chi connectivity index (χ1n) is 6.43. The maximum atomic E-state index is 4.38. The molecule has 1 heterocycles. The maximum absolute atomic E-state index is 4.38.